The predicted molar refractivity (Wildman–Crippen MR) is 101 cm³/mol. The molecule has 2 aromatic carbocycles. The first-order valence-corrected chi connectivity index (χ1v) is 9.82. The van der Waals surface area contributed by atoms with Gasteiger partial charge in [0.05, 0.1) is 6.10 Å². The second-order valence-electron chi connectivity index (χ2n) is 8.06. The summed E-state index contributed by atoms with van der Waals surface area (Å²) in [4.78, 5) is 2.59. The molecular weight excluding hydrogens is 306 g/mol. The maximum absolute atomic E-state index is 6.87. The maximum Gasteiger partial charge on any atom is 0.108 e. The second kappa shape index (κ2) is 6.26. The summed E-state index contributed by atoms with van der Waals surface area (Å²) >= 11 is 0. The number of nitrogens with zero attached hydrogens (tertiary/aromatic N) is 1. The van der Waals surface area contributed by atoms with Crippen LogP contribution in [0.3, 0.4) is 0 Å². The van der Waals surface area contributed by atoms with E-state index in [9.17, 15) is 0 Å². The number of hydrogen-bond donors (Lipinski definition) is 0. The largest absolute Gasteiger partial charge is 0.365 e. The van der Waals surface area contributed by atoms with E-state index in [-0.39, 0.29) is 6.10 Å². The zero-order valence-corrected chi connectivity index (χ0v) is 15.0. The van der Waals surface area contributed by atoms with Crippen LogP contribution in [-0.2, 0) is 17.6 Å². The van der Waals surface area contributed by atoms with Crippen molar-refractivity contribution in [2.75, 3.05) is 7.05 Å². The lowest BCUT2D eigenvalue weighted by atomic mass is 9.95. The van der Waals surface area contributed by atoms with Gasteiger partial charge in [-0.25, -0.2) is 0 Å². The van der Waals surface area contributed by atoms with Crippen LogP contribution in [0.2, 0.25) is 0 Å². The maximum atomic E-state index is 6.87. The molecule has 2 fully saturated rings. The van der Waals surface area contributed by atoms with E-state index in [1.165, 1.54) is 47.9 Å². The van der Waals surface area contributed by atoms with Crippen LogP contribution in [0.25, 0.3) is 0 Å². The van der Waals surface area contributed by atoms with Crippen LogP contribution in [0.15, 0.2) is 48.5 Å². The number of fused-ring (bicyclic) bond motifs is 4. The van der Waals surface area contributed by atoms with Crippen molar-refractivity contribution in [1.82, 2.24) is 4.90 Å². The third-order valence-electron chi connectivity index (χ3n) is 6.72. The van der Waals surface area contributed by atoms with E-state index < -0.39 is 0 Å². The highest BCUT2D eigenvalue weighted by Gasteiger charge is 2.40. The number of ether oxygens (including phenoxy) is 1. The molecule has 0 amide bonds. The molecule has 2 heterocycles. The van der Waals surface area contributed by atoms with Gasteiger partial charge in [0.2, 0.25) is 0 Å². The van der Waals surface area contributed by atoms with Crippen molar-refractivity contribution >= 4 is 0 Å². The Morgan fingerprint density at radius 1 is 0.800 bits per heavy atom. The number of piperidine rings is 1. The molecule has 3 aliphatic rings. The fourth-order valence-corrected chi connectivity index (χ4v) is 5.28. The number of benzene rings is 2. The summed E-state index contributed by atoms with van der Waals surface area (Å²) in [5, 5.41) is 0. The van der Waals surface area contributed by atoms with Gasteiger partial charge in [0.25, 0.3) is 0 Å². The standard InChI is InChI=1S/C23H27NO/c1-24-18-12-13-19(24)15-20(14-18)25-23-21-8-4-2-6-16(21)10-11-17-7-3-5-9-22(17)23/h2-9,18-20,23H,10-15H2,1H3/t18-,19-/m0/s1. The fraction of sp³-hybridized carbons (Fsp3) is 0.478. The Morgan fingerprint density at radius 2 is 1.32 bits per heavy atom. The third-order valence-corrected chi connectivity index (χ3v) is 6.72. The van der Waals surface area contributed by atoms with Crippen LogP contribution >= 0.6 is 0 Å². The molecule has 25 heavy (non-hydrogen) atoms. The molecule has 2 heteroatoms. The molecule has 0 spiro atoms. The Labute approximate surface area is 150 Å². The highest BCUT2D eigenvalue weighted by molar-refractivity contribution is 5.43. The molecule has 2 nitrogen and oxygen atoms in total. The Kier molecular flexibility index (Phi) is 3.91. The minimum Gasteiger partial charge on any atom is -0.365 e. The summed E-state index contributed by atoms with van der Waals surface area (Å²) in [6.07, 6.45) is 7.79. The second-order valence-corrected chi connectivity index (χ2v) is 8.06. The molecule has 2 atom stereocenters. The summed E-state index contributed by atoms with van der Waals surface area (Å²) in [6.45, 7) is 0. The van der Waals surface area contributed by atoms with Gasteiger partial charge < -0.3 is 9.64 Å². The van der Waals surface area contributed by atoms with E-state index in [2.05, 4.69) is 60.5 Å². The minimum absolute atomic E-state index is 0.0997. The molecular formula is C23H27NO. The van der Waals surface area contributed by atoms with E-state index in [0.717, 1.165) is 24.9 Å². The summed E-state index contributed by atoms with van der Waals surface area (Å²) in [5.74, 6) is 0. The van der Waals surface area contributed by atoms with Gasteiger partial charge in [0.15, 0.2) is 0 Å². The van der Waals surface area contributed by atoms with Gasteiger partial charge in [0, 0.05) is 12.1 Å². The summed E-state index contributed by atoms with van der Waals surface area (Å²) in [5.41, 5.74) is 5.69. The molecule has 1 aliphatic carbocycles. The van der Waals surface area contributed by atoms with Crippen molar-refractivity contribution in [3.8, 4) is 0 Å². The van der Waals surface area contributed by atoms with Crippen molar-refractivity contribution in [3.63, 3.8) is 0 Å². The molecule has 0 unspecified atom stereocenters. The van der Waals surface area contributed by atoms with E-state index in [1.807, 2.05) is 0 Å². The quantitative estimate of drug-likeness (QED) is 0.801. The van der Waals surface area contributed by atoms with Gasteiger partial charge in [-0.2, -0.15) is 0 Å². The minimum atomic E-state index is 0.0997. The Hall–Kier alpha value is -1.64. The smallest absolute Gasteiger partial charge is 0.108 e. The van der Waals surface area contributed by atoms with E-state index in [1.54, 1.807) is 0 Å². The summed E-state index contributed by atoms with van der Waals surface area (Å²) < 4.78 is 6.87. The van der Waals surface area contributed by atoms with Crippen LogP contribution < -0.4 is 0 Å². The van der Waals surface area contributed by atoms with Gasteiger partial charge >= 0.3 is 0 Å². The molecule has 2 aromatic rings. The van der Waals surface area contributed by atoms with Gasteiger partial charge in [-0.05, 0) is 67.8 Å². The van der Waals surface area contributed by atoms with Crippen LogP contribution in [0.4, 0.5) is 0 Å². The molecule has 0 saturated carbocycles. The molecule has 0 radical (unpaired) electrons. The van der Waals surface area contributed by atoms with Gasteiger partial charge in [-0.1, -0.05) is 48.5 Å². The topological polar surface area (TPSA) is 12.5 Å². The van der Waals surface area contributed by atoms with Crippen LogP contribution in [0.1, 0.15) is 54.0 Å². The lowest BCUT2D eigenvalue weighted by Gasteiger charge is -2.38. The predicted octanol–water partition coefficient (Wildman–Crippen LogP) is 4.52. The number of rotatable bonds is 2. The summed E-state index contributed by atoms with van der Waals surface area (Å²) in [7, 11) is 2.30. The molecule has 2 bridgehead atoms. The number of aryl methyl sites for hydroxylation is 2. The molecule has 0 aromatic heterocycles. The van der Waals surface area contributed by atoms with Gasteiger partial charge in [-0.15, -0.1) is 0 Å². The first-order chi connectivity index (χ1) is 12.3. The molecule has 5 rings (SSSR count). The molecule has 2 aliphatic heterocycles. The van der Waals surface area contributed by atoms with Crippen LogP contribution in [-0.4, -0.2) is 30.1 Å². The Balaban J connectivity index is 1.50. The monoisotopic (exact) mass is 333 g/mol. The average molecular weight is 333 g/mol. The van der Waals surface area contributed by atoms with E-state index in [0.29, 0.717) is 6.10 Å². The highest BCUT2D eigenvalue weighted by atomic mass is 16.5. The zero-order chi connectivity index (χ0) is 16.8. The highest BCUT2D eigenvalue weighted by Crippen LogP contribution is 2.41. The SMILES string of the molecule is CN1[C@H]2CC[C@H]1CC(OC1c3ccccc3CCc3ccccc31)C2. The Bertz CT molecular complexity index is 709. The normalized spacial score (nSPS) is 29.1. The Morgan fingerprint density at radius 3 is 1.88 bits per heavy atom. The van der Waals surface area contributed by atoms with Crippen LogP contribution in [0.5, 0.6) is 0 Å². The number of hydrogen-bond acceptors (Lipinski definition) is 2. The zero-order valence-electron chi connectivity index (χ0n) is 15.0. The van der Waals surface area contributed by atoms with Crippen LogP contribution in [0, 0.1) is 0 Å². The van der Waals surface area contributed by atoms with Crippen molar-refractivity contribution in [3.05, 3.63) is 70.8 Å². The van der Waals surface area contributed by atoms with E-state index >= 15 is 0 Å². The van der Waals surface area contributed by atoms with Crippen molar-refractivity contribution in [1.29, 1.82) is 0 Å². The van der Waals surface area contributed by atoms with Crippen molar-refractivity contribution in [2.45, 2.75) is 62.8 Å². The first-order valence-electron chi connectivity index (χ1n) is 9.82. The van der Waals surface area contributed by atoms with Gasteiger partial charge in [0.1, 0.15) is 6.10 Å². The van der Waals surface area contributed by atoms with Crippen molar-refractivity contribution < 1.29 is 4.74 Å². The fourth-order valence-electron chi connectivity index (χ4n) is 5.28. The van der Waals surface area contributed by atoms with Crippen molar-refractivity contribution in [2.24, 2.45) is 0 Å². The summed E-state index contributed by atoms with van der Waals surface area (Å²) in [6, 6.07) is 19.3. The van der Waals surface area contributed by atoms with Gasteiger partial charge in [-0.3, -0.25) is 0 Å². The lowest BCUT2D eigenvalue weighted by Crippen LogP contribution is -2.43. The third kappa shape index (κ3) is 2.72. The van der Waals surface area contributed by atoms with E-state index in [4.69, 9.17) is 4.74 Å². The molecule has 130 valence electrons. The average Bonchev–Trinajstić information content (AvgIpc) is 2.82. The molecule has 2 saturated heterocycles. The lowest BCUT2D eigenvalue weighted by molar-refractivity contribution is -0.0428. The first kappa shape index (κ1) is 15.6. The molecule has 0 N–H and O–H groups in total.